The second-order valence-corrected chi connectivity index (χ2v) is 7.52. The zero-order valence-electron chi connectivity index (χ0n) is 18.0. The van der Waals surface area contributed by atoms with Crippen LogP contribution in [0, 0.1) is 5.82 Å². The fourth-order valence-corrected chi connectivity index (χ4v) is 3.63. The summed E-state index contributed by atoms with van der Waals surface area (Å²) in [7, 11) is 1.55. The molecule has 6 nitrogen and oxygen atoms in total. The van der Waals surface area contributed by atoms with Crippen molar-refractivity contribution in [1.82, 2.24) is 10.3 Å². The molecule has 3 aromatic carbocycles. The van der Waals surface area contributed by atoms with Gasteiger partial charge in [0.15, 0.2) is 0 Å². The van der Waals surface area contributed by atoms with Crippen LogP contribution in [0.15, 0.2) is 79.0 Å². The van der Waals surface area contributed by atoms with Crippen molar-refractivity contribution >= 4 is 22.8 Å². The molecule has 0 spiro atoms. The van der Waals surface area contributed by atoms with Crippen LogP contribution in [-0.4, -0.2) is 30.0 Å². The molecule has 0 aliphatic rings. The summed E-state index contributed by atoms with van der Waals surface area (Å²) in [6.45, 7) is -0.000347. The molecule has 0 aliphatic carbocycles. The number of benzene rings is 3. The van der Waals surface area contributed by atoms with Gasteiger partial charge >= 0.3 is 5.97 Å². The predicted octanol–water partition coefficient (Wildman–Crippen LogP) is 4.40. The molecule has 168 valence electrons. The quantitative estimate of drug-likeness (QED) is 0.393. The van der Waals surface area contributed by atoms with Crippen LogP contribution in [0.4, 0.5) is 4.39 Å². The molecule has 1 aromatic heterocycles. The number of hydrogen-bond acceptors (Lipinski definition) is 4. The molecule has 0 bridgehead atoms. The highest BCUT2D eigenvalue weighted by molar-refractivity contribution is 5.97. The lowest BCUT2D eigenvalue weighted by atomic mass is 10.0. The molecule has 0 fully saturated rings. The lowest BCUT2D eigenvalue weighted by Crippen LogP contribution is -2.43. The number of aromatic nitrogens is 1. The van der Waals surface area contributed by atoms with E-state index in [1.165, 1.54) is 24.3 Å². The Kier molecular flexibility index (Phi) is 6.69. The third-order valence-electron chi connectivity index (χ3n) is 5.36. The van der Waals surface area contributed by atoms with Crippen LogP contribution >= 0.6 is 0 Å². The smallest absolute Gasteiger partial charge is 0.329 e. The molecule has 1 atom stereocenters. The molecule has 33 heavy (non-hydrogen) atoms. The van der Waals surface area contributed by atoms with Crippen molar-refractivity contribution in [3.63, 3.8) is 0 Å². The third kappa shape index (κ3) is 5.20. The summed E-state index contributed by atoms with van der Waals surface area (Å²) in [4.78, 5) is 29.0. The van der Waals surface area contributed by atoms with Gasteiger partial charge in [0.1, 0.15) is 24.2 Å². The summed E-state index contributed by atoms with van der Waals surface area (Å²) in [5, 5.41) is 3.69. The highest BCUT2D eigenvalue weighted by atomic mass is 19.1. The van der Waals surface area contributed by atoms with Crippen molar-refractivity contribution < 1.29 is 23.5 Å². The summed E-state index contributed by atoms with van der Waals surface area (Å²) < 4.78 is 24.1. The number of para-hydroxylation sites is 2. The van der Waals surface area contributed by atoms with Crippen LogP contribution in [0.2, 0.25) is 0 Å². The lowest BCUT2D eigenvalue weighted by Gasteiger charge is -2.18. The van der Waals surface area contributed by atoms with Gasteiger partial charge < -0.3 is 19.8 Å². The van der Waals surface area contributed by atoms with Crippen LogP contribution in [0.1, 0.15) is 21.5 Å². The van der Waals surface area contributed by atoms with Crippen LogP contribution in [-0.2, 0) is 22.6 Å². The summed E-state index contributed by atoms with van der Waals surface area (Å²) >= 11 is 0. The maximum absolute atomic E-state index is 13.2. The first-order valence-corrected chi connectivity index (χ1v) is 10.4. The van der Waals surface area contributed by atoms with Gasteiger partial charge in [0, 0.05) is 34.6 Å². The van der Waals surface area contributed by atoms with Gasteiger partial charge in [-0.15, -0.1) is 0 Å². The molecule has 1 unspecified atom stereocenters. The van der Waals surface area contributed by atoms with E-state index in [0.717, 1.165) is 16.5 Å². The summed E-state index contributed by atoms with van der Waals surface area (Å²) in [6.07, 6.45) is 2.04. The molecule has 0 radical (unpaired) electrons. The van der Waals surface area contributed by atoms with Crippen molar-refractivity contribution in [2.45, 2.75) is 19.1 Å². The van der Waals surface area contributed by atoms with E-state index in [0.29, 0.717) is 11.3 Å². The molecular weight excluding hydrogens is 423 g/mol. The van der Waals surface area contributed by atoms with Gasteiger partial charge in [-0.05, 0) is 42.0 Å². The van der Waals surface area contributed by atoms with Crippen molar-refractivity contribution in [3.8, 4) is 5.75 Å². The van der Waals surface area contributed by atoms with Gasteiger partial charge in [-0.1, -0.05) is 36.4 Å². The summed E-state index contributed by atoms with van der Waals surface area (Å²) in [5.41, 5.74) is 2.75. The Labute approximate surface area is 190 Å². The van der Waals surface area contributed by atoms with E-state index in [1.807, 2.05) is 42.6 Å². The Morgan fingerprint density at radius 2 is 1.70 bits per heavy atom. The number of hydrogen-bond donors (Lipinski definition) is 2. The van der Waals surface area contributed by atoms with E-state index >= 15 is 0 Å². The number of rotatable bonds is 8. The monoisotopic (exact) mass is 446 g/mol. The van der Waals surface area contributed by atoms with Crippen molar-refractivity contribution in [2.24, 2.45) is 0 Å². The zero-order valence-corrected chi connectivity index (χ0v) is 18.0. The molecule has 7 heteroatoms. The average molecular weight is 446 g/mol. The number of fused-ring (bicyclic) bond motifs is 1. The molecular formula is C26H23FN2O4. The van der Waals surface area contributed by atoms with Gasteiger partial charge in [0.05, 0.1) is 7.11 Å². The minimum absolute atomic E-state index is 0.000347. The molecule has 4 rings (SSSR count). The van der Waals surface area contributed by atoms with Gasteiger partial charge in [0.2, 0.25) is 0 Å². The van der Waals surface area contributed by atoms with Crippen LogP contribution < -0.4 is 10.1 Å². The Morgan fingerprint density at radius 1 is 0.970 bits per heavy atom. The number of methoxy groups -OCH3 is 1. The van der Waals surface area contributed by atoms with Gasteiger partial charge in [0.25, 0.3) is 5.91 Å². The molecule has 0 aliphatic heterocycles. The maximum Gasteiger partial charge on any atom is 0.329 e. The Hall–Kier alpha value is -4.13. The first kappa shape index (κ1) is 22.1. The fourth-order valence-electron chi connectivity index (χ4n) is 3.63. The number of carbonyl (C=O) groups excluding carboxylic acids is 2. The van der Waals surface area contributed by atoms with E-state index in [1.54, 1.807) is 19.2 Å². The number of ether oxygens (including phenoxy) is 2. The number of nitrogens with one attached hydrogen (secondary N) is 2. The van der Waals surface area contributed by atoms with Crippen molar-refractivity contribution in [2.75, 3.05) is 7.11 Å². The van der Waals surface area contributed by atoms with Gasteiger partial charge in [-0.3, -0.25) is 4.79 Å². The van der Waals surface area contributed by atoms with Gasteiger partial charge in [-0.25, -0.2) is 9.18 Å². The number of esters is 1. The highest BCUT2D eigenvalue weighted by Crippen LogP contribution is 2.21. The Bertz CT molecular complexity index is 1270. The largest absolute Gasteiger partial charge is 0.496 e. The third-order valence-corrected chi connectivity index (χ3v) is 5.36. The minimum atomic E-state index is -0.948. The fraction of sp³-hybridized carbons (Fsp3) is 0.154. The van der Waals surface area contributed by atoms with Gasteiger partial charge in [-0.2, -0.15) is 0 Å². The second-order valence-electron chi connectivity index (χ2n) is 7.52. The van der Waals surface area contributed by atoms with E-state index in [4.69, 9.17) is 9.47 Å². The highest BCUT2D eigenvalue weighted by Gasteiger charge is 2.25. The lowest BCUT2D eigenvalue weighted by molar-refractivity contribution is -0.147. The van der Waals surface area contributed by atoms with E-state index in [2.05, 4.69) is 10.3 Å². The number of halogens is 1. The number of aromatic amines is 1. The zero-order chi connectivity index (χ0) is 23.2. The van der Waals surface area contributed by atoms with Crippen LogP contribution in [0.3, 0.4) is 0 Å². The SMILES string of the molecule is COc1ccccc1COC(=O)C(Cc1c[nH]c2ccccc12)NC(=O)c1ccc(F)cc1. The molecule has 0 saturated carbocycles. The molecule has 2 N–H and O–H groups in total. The molecule has 1 heterocycles. The average Bonchev–Trinajstić information content (AvgIpc) is 3.25. The summed E-state index contributed by atoms with van der Waals surface area (Å²) in [6, 6.07) is 19.1. The standard InChI is InChI=1S/C26H23FN2O4/c1-32-24-9-5-2-6-18(24)16-33-26(31)23(29-25(30)17-10-12-20(27)13-11-17)14-19-15-28-22-8-4-3-7-21(19)22/h2-13,15,23,28H,14,16H2,1H3,(H,29,30). The summed E-state index contributed by atoms with van der Waals surface area (Å²) in [5.74, 6) is -0.914. The number of H-pyrrole nitrogens is 1. The second kappa shape index (κ2) is 9.99. The van der Waals surface area contributed by atoms with E-state index < -0.39 is 23.7 Å². The normalized spacial score (nSPS) is 11.7. The van der Waals surface area contributed by atoms with Crippen LogP contribution in [0.5, 0.6) is 5.75 Å². The van der Waals surface area contributed by atoms with Crippen molar-refractivity contribution in [1.29, 1.82) is 0 Å². The number of amides is 1. The van der Waals surface area contributed by atoms with E-state index in [-0.39, 0.29) is 18.6 Å². The Balaban J connectivity index is 1.55. The predicted molar refractivity (Wildman–Crippen MR) is 122 cm³/mol. The molecule has 1 amide bonds. The molecule has 4 aromatic rings. The van der Waals surface area contributed by atoms with E-state index in [9.17, 15) is 14.0 Å². The minimum Gasteiger partial charge on any atom is -0.496 e. The Morgan fingerprint density at radius 3 is 2.48 bits per heavy atom. The number of carbonyl (C=O) groups is 2. The first-order chi connectivity index (χ1) is 16.0. The van der Waals surface area contributed by atoms with Crippen molar-refractivity contribution in [3.05, 3.63) is 102 Å². The topological polar surface area (TPSA) is 80.4 Å². The van der Waals surface area contributed by atoms with Crippen LogP contribution in [0.25, 0.3) is 10.9 Å². The molecule has 0 saturated heterocycles. The maximum atomic E-state index is 13.2. The first-order valence-electron chi connectivity index (χ1n) is 10.4.